The van der Waals surface area contributed by atoms with Crippen molar-refractivity contribution in [3.63, 3.8) is 0 Å². The summed E-state index contributed by atoms with van der Waals surface area (Å²) in [6.45, 7) is 14.1. The van der Waals surface area contributed by atoms with Crippen molar-refractivity contribution >= 4 is 0 Å². The molecule has 0 saturated carbocycles. The fourth-order valence-corrected chi connectivity index (χ4v) is 2.67. The van der Waals surface area contributed by atoms with Crippen LogP contribution in [0.25, 0.3) is 0 Å². The molecule has 1 fully saturated rings. The minimum atomic E-state index is 0.450. The van der Waals surface area contributed by atoms with Crippen molar-refractivity contribution in [2.75, 3.05) is 6.61 Å². The van der Waals surface area contributed by atoms with Crippen molar-refractivity contribution in [1.29, 1.82) is 0 Å². The van der Waals surface area contributed by atoms with E-state index >= 15 is 0 Å². The monoisotopic (exact) mass is 290 g/mol. The minimum Gasteiger partial charge on any atom is -0.493 e. The second kappa shape index (κ2) is 6.83. The van der Waals surface area contributed by atoms with Gasteiger partial charge in [0.2, 0.25) is 0 Å². The smallest absolute Gasteiger partial charge is 0.122 e. The van der Waals surface area contributed by atoms with Crippen molar-refractivity contribution < 1.29 is 9.47 Å². The highest BCUT2D eigenvalue weighted by Crippen LogP contribution is 2.35. The van der Waals surface area contributed by atoms with Crippen LogP contribution in [-0.2, 0) is 4.74 Å². The van der Waals surface area contributed by atoms with Gasteiger partial charge in [0, 0.05) is 0 Å². The molecule has 0 aliphatic carbocycles. The van der Waals surface area contributed by atoms with Crippen LogP contribution < -0.4 is 4.74 Å². The Labute approximate surface area is 129 Å². The van der Waals surface area contributed by atoms with E-state index in [1.165, 1.54) is 11.1 Å². The molecule has 118 valence electrons. The van der Waals surface area contributed by atoms with Gasteiger partial charge in [0.15, 0.2) is 0 Å². The molecule has 0 bridgehead atoms. The van der Waals surface area contributed by atoms with E-state index in [1.807, 2.05) is 0 Å². The van der Waals surface area contributed by atoms with Crippen LogP contribution >= 0.6 is 0 Å². The molecule has 0 radical (unpaired) electrons. The maximum atomic E-state index is 5.98. The molecule has 1 aliphatic rings. The van der Waals surface area contributed by atoms with Crippen LogP contribution in [-0.4, -0.2) is 18.8 Å². The first-order chi connectivity index (χ1) is 9.88. The van der Waals surface area contributed by atoms with E-state index < -0.39 is 0 Å². The standard InChI is InChI=1S/C19H30O2/c1-12(2)11-20-18-8-7-16(10-17(18)13(3)4)14(5)9-19-15(6)21-19/h7-8,10,12-15,19H,9,11H2,1-6H3. The average molecular weight is 290 g/mol. The van der Waals surface area contributed by atoms with Gasteiger partial charge in [0.1, 0.15) is 5.75 Å². The summed E-state index contributed by atoms with van der Waals surface area (Å²) in [5.74, 6) is 2.62. The molecule has 1 aromatic carbocycles. The second-order valence-corrected chi connectivity index (χ2v) is 7.17. The fraction of sp³-hybridized carbons (Fsp3) is 0.684. The largest absolute Gasteiger partial charge is 0.493 e. The molecule has 2 rings (SSSR count). The summed E-state index contributed by atoms with van der Waals surface area (Å²) >= 11 is 0. The predicted molar refractivity (Wildman–Crippen MR) is 88.2 cm³/mol. The number of ether oxygens (including phenoxy) is 2. The summed E-state index contributed by atoms with van der Waals surface area (Å²) < 4.78 is 11.5. The van der Waals surface area contributed by atoms with Crippen LogP contribution in [0.3, 0.4) is 0 Å². The number of hydrogen-bond donors (Lipinski definition) is 0. The SMILES string of the molecule is CC(C)COc1ccc(C(C)CC2OC2C)cc1C(C)C. The molecular weight excluding hydrogens is 260 g/mol. The zero-order chi connectivity index (χ0) is 15.6. The molecule has 2 heteroatoms. The Hall–Kier alpha value is -1.02. The first kappa shape index (κ1) is 16.4. The summed E-state index contributed by atoms with van der Waals surface area (Å²) in [5.41, 5.74) is 2.73. The van der Waals surface area contributed by atoms with E-state index in [0.29, 0.717) is 30.0 Å². The van der Waals surface area contributed by atoms with Crippen LogP contribution in [0.2, 0.25) is 0 Å². The van der Waals surface area contributed by atoms with Gasteiger partial charge in [0.25, 0.3) is 0 Å². The van der Waals surface area contributed by atoms with Crippen molar-refractivity contribution in [2.24, 2.45) is 5.92 Å². The number of epoxide rings is 1. The molecule has 0 aromatic heterocycles. The van der Waals surface area contributed by atoms with Gasteiger partial charge < -0.3 is 9.47 Å². The average Bonchev–Trinajstić information content (AvgIpc) is 3.11. The maximum Gasteiger partial charge on any atom is 0.122 e. The van der Waals surface area contributed by atoms with Gasteiger partial charge >= 0.3 is 0 Å². The van der Waals surface area contributed by atoms with E-state index in [1.54, 1.807) is 0 Å². The van der Waals surface area contributed by atoms with Crippen LogP contribution in [0, 0.1) is 5.92 Å². The molecular formula is C19H30O2. The van der Waals surface area contributed by atoms with Crippen LogP contribution in [0.4, 0.5) is 0 Å². The summed E-state index contributed by atoms with van der Waals surface area (Å²) in [7, 11) is 0. The van der Waals surface area contributed by atoms with Crippen molar-refractivity contribution in [3.05, 3.63) is 29.3 Å². The minimum absolute atomic E-state index is 0.450. The Morgan fingerprint density at radius 2 is 1.81 bits per heavy atom. The summed E-state index contributed by atoms with van der Waals surface area (Å²) in [6, 6.07) is 6.71. The van der Waals surface area contributed by atoms with Gasteiger partial charge in [-0.25, -0.2) is 0 Å². The van der Waals surface area contributed by atoms with E-state index in [-0.39, 0.29) is 0 Å². The molecule has 0 amide bonds. The Morgan fingerprint density at radius 1 is 1.14 bits per heavy atom. The van der Waals surface area contributed by atoms with Gasteiger partial charge in [-0.15, -0.1) is 0 Å². The Morgan fingerprint density at radius 3 is 2.33 bits per heavy atom. The van der Waals surface area contributed by atoms with Crippen molar-refractivity contribution in [1.82, 2.24) is 0 Å². The normalized spacial score (nSPS) is 22.7. The number of benzene rings is 1. The zero-order valence-corrected chi connectivity index (χ0v) is 14.3. The molecule has 2 nitrogen and oxygen atoms in total. The van der Waals surface area contributed by atoms with Gasteiger partial charge in [-0.05, 0) is 48.3 Å². The van der Waals surface area contributed by atoms with Gasteiger partial charge in [-0.2, -0.15) is 0 Å². The third-order valence-electron chi connectivity index (χ3n) is 4.22. The lowest BCUT2D eigenvalue weighted by molar-refractivity contribution is 0.267. The fourth-order valence-electron chi connectivity index (χ4n) is 2.67. The Balaban J connectivity index is 2.10. The molecule has 3 unspecified atom stereocenters. The summed E-state index contributed by atoms with van der Waals surface area (Å²) in [4.78, 5) is 0. The van der Waals surface area contributed by atoms with E-state index in [2.05, 4.69) is 59.7 Å². The molecule has 1 aliphatic heterocycles. The van der Waals surface area contributed by atoms with E-state index in [0.717, 1.165) is 18.8 Å². The van der Waals surface area contributed by atoms with Crippen LogP contribution in [0.5, 0.6) is 5.75 Å². The Bertz CT molecular complexity index is 465. The van der Waals surface area contributed by atoms with Gasteiger partial charge in [-0.3, -0.25) is 0 Å². The molecule has 0 spiro atoms. The predicted octanol–water partition coefficient (Wildman–Crippen LogP) is 5.13. The lowest BCUT2D eigenvalue weighted by Gasteiger charge is -2.19. The molecule has 0 N–H and O–H groups in total. The molecule has 1 aromatic rings. The number of rotatable bonds is 7. The highest BCUT2D eigenvalue weighted by Gasteiger charge is 2.35. The first-order valence-corrected chi connectivity index (χ1v) is 8.30. The second-order valence-electron chi connectivity index (χ2n) is 7.17. The summed E-state index contributed by atoms with van der Waals surface area (Å²) in [6.07, 6.45) is 2.02. The highest BCUT2D eigenvalue weighted by atomic mass is 16.6. The third-order valence-corrected chi connectivity index (χ3v) is 4.22. The van der Waals surface area contributed by atoms with Crippen LogP contribution in [0.15, 0.2) is 18.2 Å². The van der Waals surface area contributed by atoms with Crippen molar-refractivity contribution in [3.8, 4) is 5.75 Å². The lowest BCUT2D eigenvalue weighted by atomic mass is 9.91. The number of hydrogen-bond acceptors (Lipinski definition) is 2. The maximum absolute atomic E-state index is 5.98. The van der Waals surface area contributed by atoms with E-state index in [4.69, 9.17) is 9.47 Å². The Kier molecular flexibility index (Phi) is 5.32. The lowest BCUT2D eigenvalue weighted by Crippen LogP contribution is -2.08. The highest BCUT2D eigenvalue weighted by molar-refractivity contribution is 5.40. The molecule has 21 heavy (non-hydrogen) atoms. The van der Waals surface area contributed by atoms with E-state index in [9.17, 15) is 0 Å². The van der Waals surface area contributed by atoms with Crippen molar-refractivity contribution in [2.45, 2.75) is 72.0 Å². The molecule has 1 saturated heterocycles. The molecule has 3 atom stereocenters. The summed E-state index contributed by atoms with van der Waals surface area (Å²) in [5, 5.41) is 0. The topological polar surface area (TPSA) is 21.8 Å². The van der Waals surface area contributed by atoms with Crippen LogP contribution in [0.1, 0.15) is 70.9 Å². The quantitative estimate of drug-likeness (QED) is 0.650. The van der Waals surface area contributed by atoms with Gasteiger partial charge in [0.05, 0.1) is 18.8 Å². The molecule has 1 heterocycles. The third kappa shape index (κ3) is 4.47. The first-order valence-electron chi connectivity index (χ1n) is 8.30. The zero-order valence-electron chi connectivity index (χ0n) is 14.3. The van der Waals surface area contributed by atoms with Gasteiger partial charge in [-0.1, -0.05) is 46.8 Å².